The minimum Gasteiger partial charge on any atom is -0.326 e. The second-order valence-electron chi connectivity index (χ2n) is 11.8. The molecule has 6 rings (SSSR count). The van der Waals surface area contributed by atoms with Crippen LogP contribution < -0.4 is 21.4 Å². The Labute approximate surface area is 316 Å². The number of nitrogens with zero attached hydrogens (tertiary/aromatic N) is 2. The van der Waals surface area contributed by atoms with Crippen molar-refractivity contribution in [3.05, 3.63) is 94.4 Å². The number of ketones is 1. The molecule has 22 heteroatoms. The largest absolute Gasteiger partial charge is 0.326 e. The summed E-state index contributed by atoms with van der Waals surface area (Å²) in [6, 6.07) is 15.7. The van der Waals surface area contributed by atoms with Gasteiger partial charge in [0, 0.05) is 35.1 Å². The number of anilines is 4. The van der Waals surface area contributed by atoms with E-state index in [1.54, 1.807) is 12.1 Å². The number of aromatic nitrogens is 1. The summed E-state index contributed by atoms with van der Waals surface area (Å²) in [6.45, 7) is 2.81. The maximum Gasteiger partial charge on any atom is 0.323 e. The van der Waals surface area contributed by atoms with Crippen molar-refractivity contribution in [2.24, 2.45) is 5.10 Å². The lowest BCUT2D eigenvalue weighted by Crippen LogP contribution is -2.27. The third-order valence-electron chi connectivity index (χ3n) is 7.79. The molecule has 5 aromatic rings. The van der Waals surface area contributed by atoms with Crippen LogP contribution in [0.3, 0.4) is 0 Å². The average molecular weight is 827 g/mol. The zero-order chi connectivity index (χ0) is 40.0. The molecule has 4 aromatic carbocycles. The number of hydrogen-bond acceptors (Lipinski definition) is 13. The fraction of sp³-hybridized carbons (Fsp3) is 0.0606. The Morgan fingerprint density at radius 3 is 2.02 bits per heavy atom. The molecule has 55 heavy (non-hydrogen) atoms. The smallest absolute Gasteiger partial charge is 0.323 e. The first-order chi connectivity index (χ1) is 25.7. The minimum absolute atomic E-state index is 0.0276. The highest BCUT2D eigenvalue weighted by Crippen LogP contribution is 2.38. The first-order valence-electron chi connectivity index (χ1n) is 15.4. The van der Waals surface area contributed by atoms with Crippen LogP contribution in [0, 0.1) is 6.92 Å². The second-order valence-corrected chi connectivity index (χ2v) is 16.9. The van der Waals surface area contributed by atoms with E-state index in [2.05, 4.69) is 31.5 Å². The zero-order valence-electron chi connectivity index (χ0n) is 28.0. The number of amides is 3. The topological polar surface area (TPSA) is 288 Å². The summed E-state index contributed by atoms with van der Waals surface area (Å²) in [5.74, 6) is -1.29. The van der Waals surface area contributed by atoms with Gasteiger partial charge in [0.2, 0.25) is 11.7 Å². The minimum atomic E-state index is -5.15. The van der Waals surface area contributed by atoms with Crippen molar-refractivity contribution in [3.63, 3.8) is 0 Å². The fourth-order valence-corrected chi connectivity index (χ4v) is 9.07. The standard InChI is InChI=1S/C33H26N6O12S4/c1-16-3-11-25-30(31(16)55(49,50)51)52-32(37-25)18-4-12-24(26(14-18)53(43,44)45)38-39-28-27(54(46,47)48)15-19-13-22(9-10-23(19)29(28)41)36-33(42)35-21-7-5-20(6-8-21)34-17(2)40/h3-15,38H,1-2H3,(H,34,40)(H2,35,36,42)(H,43,44,45)(H,46,47,48)(H,49,50,51)/b39-28+. The van der Waals surface area contributed by atoms with E-state index >= 15 is 0 Å². The van der Waals surface area contributed by atoms with Crippen LogP contribution in [0.4, 0.5) is 27.5 Å². The van der Waals surface area contributed by atoms with E-state index < -0.39 is 63.4 Å². The van der Waals surface area contributed by atoms with E-state index in [0.29, 0.717) is 11.4 Å². The molecule has 0 saturated heterocycles. The predicted molar refractivity (Wildman–Crippen MR) is 204 cm³/mol. The molecule has 0 aliphatic heterocycles. The van der Waals surface area contributed by atoms with E-state index in [4.69, 9.17) is 0 Å². The fourth-order valence-electron chi connectivity index (χ4n) is 5.44. The van der Waals surface area contributed by atoms with E-state index in [1.807, 2.05) is 0 Å². The first kappa shape index (κ1) is 38.8. The van der Waals surface area contributed by atoms with Crippen LogP contribution in [-0.2, 0) is 35.1 Å². The maximum absolute atomic E-state index is 13.5. The predicted octanol–water partition coefficient (Wildman–Crippen LogP) is 5.26. The van der Waals surface area contributed by atoms with E-state index in [1.165, 1.54) is 62.4 Å². The quantitative estimate of drug-likeness (QED) is 0.0737. The number of carbonyl (C=O) groups is 3. The van der Waals surface area contributed by atoms with Crippen LogP contribution in [0.5, 0.6) is 0 Å². The molecule has 0 saturated carbocycles. The number of rotatable bonds is 9. The van der Waals surface area contributed by atoms with Gasteiger partial charge in [-0.25, -0.2) is 9.78 Å². The Kier molecular flexibility index (Phi) is 10.2. The number of nitrogens with one attached hydrogen (secondary N) is 4. The van der Waals surface area contributed by atoms with Crippen molar-refractivity contribution < 1.29 is 53.3 Å². The summed E-state index contributed by atoms with van der Waals surface area (Å²) in [7, 11) is -14.8. The van der Waals surface area contributed by atoms with Gasteiger partial charge in [0.15, 0.2) is 5.71 Å². The number of hydrazone groups is 1. The number of carbonyl (C=O) groups excluding carboxylic acids is 3. The van der Waals surface area contributed by atoms with Crippen LogP contribution >= 0.6 is 11.3 Å². The first-order valence-corrected chi connectivity index (χ1v) is 20.5. The summed E-state index contributed by atoms with van der Waals surface area (Å²) in [4.78, 5) is 39.6. The van der Waals surface area contributed by atoms with Crippen LogP contribution in [-0.4, -0.2) is 67.3 Å². The summed E-state index contributed by atoms with van der Waals surface area (Å²) in [5.41, 5.74) is 2.36. The number of allylic oxidation sites excluding steroid dienone is 1. The normalized spacial score (nSPS) is 13.9. The van der Waals surface area contributed by atoms with Gasteiger partial charge in [0.05, 0.1) is 15.9 Å². The monoisotopic (exact) mass is 826 g/mol. The molecule has 0 unspecified atom stereocenters. The summed E-state index contributed by atoms with van der Waals surface area (Å²) in [6.07, 6.45) is 0.916. The van der Waals surface area contributed by atoms with Gasteiger partial charge in [0.1, 0.15) is 19.7 Å². The van der Waals surface area contributed by atoms with Crippen molar-refractivity contribution >= 4 is 104 Å². The van der Waals surface area contributed by atoms with E-state index in [9.17, 15) is 53.3 Å². The number of thiazole rings is 1. The van der Waals surface area contributed by atoms with Crippen molar-refractivity contribution in [1.29, 1.82) is 0 Å². The third kappa shape index (κ3) is 8.44. The molecule has 18 nitrogen and oxygen atoms in total. The molecule has 1 aromatic heterocycles. The molecule has 1 aliphatic carbocycles. The highest BCUT2D eigenvalue weighted by atomic mass is 32.2. The Hall–Kier alpha value is -5.88. The van der Waals surface area contributed by atoms with Crippen LogP contribution in [0.2, 0.25) is 0 Å². The summed E-state index contributed by atoms with van der Waals surface area (Å²) in [5, 5.41) is 11.6. The molecule has 0 spiro atoms. The SMILES string of the molecule is CC(=O)Nc1ccc(NC(=O)Nc2ccc3c(c2)C=C(S(=O)(=O)O)/C(=N\Nc2ccc(-c4nc5ccc(C)c(S(=O)(=O)O)c5s4)cc2S(=O)(=O)O)C3=O)cc1. The Bertz CT molecular complexity index is 2870. The van der Waals surface area contributed by atoms with Gasteiger partial charge in [-0.15, -0.1) is 11.3 Å². The van der Waals surface area contributed by atoms with Gasteiger partial charge in [-0.2, -0.15) is 30.4 Å². The number of fused-ring (bicyclic) bond motifs is 2. The average Bonchev–Trinajstić information content (AvgIpc) is 3.51. The molecule has 0 fully saturated rings. The van der Waals surface area contributed by atoms with Gasteiger partial charge >= 0.3 is 6.03 Å². The summed E-state index contributed by atoms with van der Waals surface area (Å²) < 4.78 is 104. The second kappa shape index (κ2) is 14.4. The third-order valence-corrected chi connectivity index (χ3v) is 11.9. The van der Waals surface area contributed by atoms with Crippen LogP contribution in [0.25, 0.3) is 26.9 Å². The lowest BCUT2D eigenvalue weighted by Gasteiger charge is -2.18. The number of benzene rings is 4. The molecular formula is C33H26N6O12S4. The Balaban J connectivity index is 1.29. The molecule has 1 aliphatic rings. The van der Waals surface area contributed by atoms with E-state index in [-0.39, 0.29) is 54.0 Å². The molecule has 284 valence electrons. The number of urea groups is 1. The van der Waals surface area contributed by atoms with Gasteiger partial charge in [0.25, 0.3) is 30.4 Å². The summed E-state index contributed by atoms with van der Waals surface area (Å²) >= 11 is 0.823. The lowest BCUT2D eigenvalue weighted by molar-refractivity contribution is -0.114. The Morgan fingerprint density at radius 1 is 0.764 bits per heavy atom. The van der Waals surface area contributed by atoms with Gasteiger partial charge in [-0.1, -0.05) is 6.07 Å². The zero-order valence-corrected chi connectivity index (χ0v) is 31.3. The number of Topliss-reactive ketones (excluding diaryl/α,β-unsaturated/α-hetero) is 1. The van der Waals surface area contributed by atoms with Crippen molar-refractivity contribution in [3.8, 4) is 10.6 Å². The Morgan fingerprint density at radius 2 is 1.40 bits per heavy atom. The highest BCUT2D eigenvalue weighted by molar-refractivity contribution is 7.91. The van der Waals surface area contributed by atoms with Gasteiger partial charge in [-0.3, -0.25) is 28.7 Å². The van der Waals surface area contributed by atoms with E-state index in [0.717, 1.165) is 29.5 Å². The number of hydrogen-bond donors (Lipinski definition) is 7. The maximum atomic E-state index is 13.5. The van der Waals surface area contributed by atoms with Crippen LogP contribution in [0.1, 0.15) is 28.4 Å². The van der Waals surface area contributed by atoms with Crippen molar-refractivity contribution in [2.75, 3.05) is 21.4 Å². The molecule has 0 atom stereocenters. The molecule has 0 radical (unpaired) electrons. The molecule has 3 amide bonds. The van der Waals surface area contributed by atoms with Crippen LogP contribution in [0.15, 0.2) is 92.6 Å². The molecule has 1 heterocycles. The van der Waals surface area contributed by atoms with Crippen molar-refractivity contribution in [2.45, 2.75) is 23.6 Å². The van der Waals surface area contributed by atoms with Crippen molar-refractivity contribution in [1.82, 2.24) is 4.98 Å². The molecule has 0 bridgehead atoms. The van der Waals surface area contributed by atoms with Gasteiger partial charge in [-0.05, 0) is 90.9 Å². The molecule has 7 N–H and O–H groups in total. The lowest BCUT2D eigenvalue weighted by atomic mass is 9.94. The molecular weight excluding hydrogens is 801 g/mol. The highest BCUT2D eigenvalue weighted by Gasteiger charge is 2.33. The number of aryl methyl sites for hydroxylation is 1. The van der Waals surface area contributed by atoms with Gasteiger partial charge < -0.3 is 16.0 Å².